The Morgan fingerprint density at radius 1 is 1.12 bits per heavy atom. The number of ether oxygens (including phenoxy) is 1. The highest BCUT2D eigenvalue weighted by Crippen LogP contribution is 2.21. The third-order valence-corrected chi connectivity index (χ3v) is 4.35. The lowest BCUT2D eigenvalue weighted by atomic mass is 10.1. The van der Waals surface area contributed by atoms with E-state index in [9.17, 15) is 9.59 Å². The van der Waals surface area contributed by atoms with Crippen molar-refractivity contribution in [2.24, 2.45) is 0 Å². The Hall–Kier alpha value is -2.37. The van der Waals surface area contributed by atoms with E-state index < -0.39 is 0 Å². The molecule has 130 valence electrons. The van der Waals surface area contributed by atoms with Gasteiger partial charge in [-0.2, -0.15) is 0 Å². The van der Waals surface area contributed by atoms with Crippen LogP contribution in [0.3, 0.4) is 0 Å². The third-order valence-electron chi connectivity index (χ3n) is 4.10. The summed E-state index contributed by atoms with van der Waals surface area (Å²) in [6.07, 6.45) is -0.133. The second-order valence-corrected chi connectivity index (χ2v) is 6.24. The molecule has 3 rings (SSSR count). The summed E-state index contributed by atoms with van der Waals surface area (Å²) in [5.41, 5.74) is 1.52. The fraction of sp³-hybridized carbons (Fsp3) is 0.263. The molecule has 1 saturated heterocycles. The fourth-order valence-electron chi connectivity index (χ4n) is 2.72. The van der Waals surface area contributed by atoms with E-state index in [4.69, 9.17) is 16.3 Å². The van der Waals surface area contributed by atoms with Crippen LogP contribution < -0.4 is 5.32 Å². The monoisotopic (exact) mass is 358 g/mol. The molecule has 0 radical (unpaired) electrons. The lowest BCUT2D eigenvalue weighted by Crippen LogP contribution is -2.46. The lowest BCUT2D eigenvalue weighted by Gasteiger charge is -2.33. The highest BCUT2D eigenvalue weighted by molar-refractivity contribution is 6.30. The molecule has 2 aromatic rings. The summed E-state index contributed by atoms with van der Waals surface area (Å²) in [4.78, 5) is 26.2. The zero-order valence-corrected chi connectivity index (χ0v) is 14.4. The average Bonchev–Trinajstić information content (AvgIpc) is 2.67. The number of morpholine rings is 1. The van der Waals surface area contributed by atoms with Gasteiger partial charge in [-0.1, -0.05) is 41.9 Å². The van der Waals surface area contributed by atoms with Crippen LogP contribution in [-0.4, -0.2) is 43.0 Å². The molecule has 1 unspecified atom stereocenters. The molecule has 6 heteroatoms. The molecule has 1 aliphatic heterocycles. The van der Waals surface area contributed by atoms with Crippen LogP contribution in [-0.2, 0) is 9.53 Å². The minimum absolute atomic E-state index is 0.0387. The molecule has 0 bridgehead atoms. The maximum absolute atomic E-state index is 12.4. The van der Waals surface area contributed by atoms with Gasteiger partial charge < -0.3 is 15.0 Å². The molecular formula is C19H19ClN2O3. The maximum atomic E-state index is 12.4. The van der Waals surface area contributed by atoms with E-state index in [1.165, 1.54) is 0 Å². The van der Waals surface area contributed by atoms with Crippen molar-refractivity contribution in [1.82, 2.24) is 10.2 Å². The lowest BCUT2D eigenvalue weighted by molar-refractivity contribution is -0.137. The predicted octanol–water partition coefficient (Wildman–Crippen LogP) is 2.67. The Labute approximate surface area is 151 Å². The maximum Gasteiger partial charge on any atom is 0.251 e. The number of carbonyl (C=O) groups is 2. The fourth-order valence-corrected chi connectivity index (χ4v) is 2.84. The number of hydrogen-bond donors (Lipinski definition) is 1. The predicted molar refractivity (Wildman–Crippen MR) is 95.5 cm³/mol. The summed E-state index contributed by atoms with van der Waals surface area (Å²) in [6, 6.07) is 16.4. The SMILES string of the molecule is O=C(NCC(=O)N1CCOC(c2ccccc2)C1)c1ccc(Cl)cc1. The molecule has 0 spiro atoms. The van der Waals surface area contributed by atoms with Crippen molar-refractivity contribution < 1.29 is 14.3 Å². The number of hydrogen-bond acceptors (Lipinski definition) is 3. The molecule has 1 aliphatic rings. The normalized spacial score (nSPS) is 17.2. The van der Waals surface area contributed by atoms with Crippen LogP contribution in [0.5, 0.6) is 0 Å². The molecule has 0 saturated carbocycles. The van der Waals surface area contributed by atoms with Gasteiger partial charge >= 0.3 is 0 Å². The molecule has 1 heterocycles. The topological polar surface area (TPSA) is 58.6 Å². The van der Waals surface area contributed by atoms with Gasteiger partial charge in [0.1, 0.15) is 6.10 Å². The summed E-state index contributed by atoms with van der Waals surface area (Å²) >= 11 is 5.81. The van der Waals surface area contributed by atoms with Crippen molar-refractivity contribution in [3.8, 4) is 0 Å². The van der Waals surface area contributed by atoms with E-state index >= 15 is 0 Å². The van der Waals surface area contributed by atoms with Gasteiger partial charge in [-0.15, -0.1) is 0 Å². The first-order valence-corrected chi connectivity index (χ1v) is 8.49. The smallest absolute Gasteiger partial charge is 0.251 e. The molecule has 1 atom stereocenters. The number of rotatable bonds is 4. The van der Waals surface area contributed by atoms with Gasteiger partial charge in [-0.25, -0.2) is 0 Å². The summed E-state index contributed by atoms with van der Waals surface area (Å²) < 4.78 is 5.76. The zero-order valence-electron chi connectivity index (χ0n) is 13.7. The van der Waals surface area contributed by atoms with Crippen molar-refractivity contribution in [3.63, 3.8) is 0 Å². The van der Waals surface area contributed by atoms with Crippen molar-refractivity contribution >= 4 is 23.4 Å². The van der Waals surface area contributed by atoms with Gasteiger partial charge in [0.15, 0.2) is 0 Å². The highest BCUT2D eigenvalue weighted by Gasteiger charge is 2.25. The average molecular weight is 359 g/mol. The summed E-state index contributed by atoms with van der Waals surface area (Å²) in [6.45, 7) is 1.46. The van der Waals surface area contributed by atoms with Gasteiger partial charge in [-0.3, -0.25) is 9.59 Å². The van der Waals surface area contributed by atoms with Crippen molar-refractivity contribution in [2.45, 2.75) is 6.10 Å². The highest BCUT2D eigenvalue weighted by atomic mass is 35.5. The Morgan fingerprint density at radius 3 is 2.56 bits per heavy atom. The Bertz CT molecular complexity index is 734. The van der Waals surface area contributed by atoms with E-state index in [1.54, 1.807) is 29.2 Å². The minimum Gasteiger partial charge on any atom is -0.370 e. The van der Waals surface area contributed by atoms with Crippen LogP contribution in [0.15, 0.2) is 54.6 Å². The molecule has 25 heavy (non-hydrogen) atoms. The van der Waals surface area contributed by atoms with Crippen molar-refractivity contribution in [1.29, 1.82) is 0 Å². The van der Waals surface area contributed by atoms with Gasteiger partial charge in [0.05, 0.1) is 19.7 Å². The van der Waals surface area contributed by atoms with E-state index in [-0.39, 0.29) is 24.5 Å². The largest absolute Gasteiger partial charge is 0.370 e. The summed E-state index contributed by atoms with van der Waals surface area (Å²) in [7, 11) is 0. The molecule has 0 aromatic heterocycles. The second kappa shape index (κ2) is 8.14. The van der Waals surface area contributed by atoms with Crippen LogP contribution in [0.4, 0.5) is 0 Å². The first kappa shape index (κ1) is 17.5. The van der Waals surface area contributed by atoms with Gasteiger partial charge in [0.2, 0.25) is 5.91 Å². The van der Waals surface area contributed by atoms with Crippen LogP contribution in [0.2, 0.25) is 5.02 Å². The minimum atomic E-state index is -0.294. The van der Waals surface area contributed by atoms with Crippen LogP contribution in [0, 0.1) is 0 Å². The Morgan fingerprint density at radius 2 is 1.84 bits per heavy atom. The molecule has 1 N–H and O–H groups in total. The van der Waals surface area contributed by atoms with Gasteiger partial charge in [0.25, 0.3) is 5.91 Å². The van der Waals surface area contributed by atoms with Crippen molar-refractivity contribution in [2.75, 3.05) is 26.2 Å². The standard InChI is InChI=1S/C19H19ClN2O3/c20-16-8-6-15(7-9-16)19(24)21-12-18(23)22-10-11-25-17(13-22)14-4-2-1-3-5-14/h1-9,17H,10-13H2,(H,21,24). The number of nitrogens with zero attached hydrogens (tertiary/aromatic N) is 1. The van der Waals surface area contributed by atoms with Crippen LogP contribution in [0.1, 0.15) is 22.0 Å². The first-order valence-electron chi connectivity index (χ1n) is 8.11. The molecule has 5 nitrogen and oxygen atoms in total. The van der Waals surface area contributed by atoms with E-state index in [2.05, 4.69) is 5.32 Å². The van der Waals surface area contributed by atoms with E-state index in [0.29, 0.717) is 30.3 Å². The second-order valence-electron chi connectivity index (χ2n) is 5.80. The quantitative estimate of drug-likeness (QED) is 0.914. The van der Waals surface area contributed by atoms with Gasteiger partial charge in [-0.05, 0) is 29.8 Å². The Kier molecular flexibility index (Phi) is 5.68. The molecule has 1 fully saturated rings. The zero-order chi connectivity index (χ0) is 17.6. The number of benzene rings is 2. The van der Waals surface area contributed by atoms with Crippen LogP contribution in [0.25, 0.3) is 0 Å². The van der Waals surface area contributed by atoms with E-state index in [0.717, 1.165) is 5.56 Å². The third kappa shape index (κ3) is 4.59. The molecule has 0 aliphatic carbocycles. The number of halogens is 1. The van der Waals surface area contributed by atoms with Crippen molar-refractivity contribution in [3.05, 3.63) is 70.7 Å². The molecular weight excluding hydrogens is 340 g/mol. The summed E-state index contributed by atoms with van der Waals surface area (Å²) in [5, 5.41) is 3.22. The molecule has 2 aromatic carbocycles. The Balaban J connectivity index is 1.54. The number of carbonyl (C=O) groups excluding carboxylic acids is 2. The van der Waals surface area contributed by atoms with Crippen LogP contribution >= 0.6 is 11.6 Å². The van der Waals surface area contributed by atoms with E-state index in [1.807, 2.05) is 30.3 Å². The number of nitrogens with one attached hydrogen (secondary N) is 1. The summed E-state index contributed by atoms with van der Waals surface area (Å²) in [5.74, 6) is -0.413. The number of amides is 2. The molecule has 2 amide bonds. The van der Waals surface area contributed by atoms with Gasteiger partial charge in [0, 0.05) is 17.1 Å². The first-order chi connectivity index (χ1) is 12.1.